The van der Waals surface area contributed by atoms with E-state index < -0.39 is 29.4 Å². The molecule has 1 aromatic rings. The molecule has 0 spiro atoms. The number of allylic oxidation sites excluding steroid dienone is 4. The van der Waals surface area contributed by atoms with Crippen LogP contribution in [0.25, 0.3) is 6.08 Å². The van der Waals surface area contributed by atoms with E-state index in [0.717, 1.165) is 9.47 Å². The molecular weight excluding hydrogens is 380 g/mol. The molecule has 10 heteroatoms. The van der Waals surface area contributed by atoms with Crippen LogP contribution in [0.5, 0.6) is 5.88 Å². The number of nitrogens with zero attached hydrogens (tertiary/aromatic N) is 2. The third-order valence-corrected chi connectivity index (χ3v) is 4.08. The highest BCUT2D eigenvalue weighted by Crippen LogP contribution is 2.15. The van der Waals surface area contributed by atoms with Gasteiger partial charge in [0, 0.05) is 20.7 Å². The second-order valence-corrected chi connectivity index (χ2v) is 5.99. The lowest BCUT2D eigenvalue weighted by Gasteiger charge is -2.30. The van der Waals surface area contributed by atoms with E-state index in [2.05, 4.69) is 10.3 Å². The quantitative estimate of drug-likeness (QED) is 0.504. The molecule has 0 bridgehead atoms. The summed E-state index contributed by atoms with van der Waals surface area (Å²) in [4.78, 5) is 51.5. The van der Waals surface area contributed by atoms with Gasteiger partial charge in [0.1, 0.15) is 5.56 Å². The predicted molar refractivity (Wildman–Crippen MR) is 106 cm³/mol. The van der Waals surface area contributed by atoms with Gasteiger partial charge in [0.15, 0.2) is 6.23 Å². The van der Waals surface area contributed by atoms with Crippen molar-refractivity contribution >= 4 is 18.0 Å². The summed E-state index contributed by atoms with van der Waals surface area (Å²) in [6.45, 7) is 4.09. The van der Waals surface area contributed by atoms with Crippen molar-refractivity contribution in [1.29, 1.82) is 0 Å². The third kappa shape index (κ3) is 4.91. The van der Waals surface area contributed by atoms with Gasteiger partial charge >= 0.3 is 11.7 Å². The highest BCUT2D eigenvalue weighted by Gasteiger charge is 2.34. The zero-order valence-corrected chi connectivity index (χ0v) is 16.7. The number of hydrogen-bond acceptors (Lipinski definition) is 6. The van der Waals surface area contributed by atoms with E-state index in [0.29, 0.717) is 6.61 Å². The van der Waals surface area contributed by atoms with Gasteiger partial charge in [-0.2, -0.15) is 0 Å². The Morgan fingerprint density at radius 3 is 2.41 bits per heavy atom. The number of imide groups is 1. The van der Waals surface area contributed by atoms with Crippen molar-refractivity contribution in [2.24, 2.45) is 7.05 Å². The molecule has 0 aliphatic carbocycles. The van der Waals surface area contributed by atoms with Crippen LogP contribution in [0, 0.1) is 0 Å². The summed E-state index contributed by atoms with van der Waals surface area (Å²) in [5.41, 5.74) is -0.601. The molecule has 1 saturated heterocycles. The highest BCUT2D eigenvalue weighted by molar-refractivity contribution is 6.07. The molecule has 1 fully saturated rings. The van der Waals surface area contributed by atoms with E-state index in [1.807, 2.05) is 0 Å². The average molecular weight is 404 g/mol. The molecule has 156 valence electrons. The molecule has 0 radical (unpaired) electrons. The Labute approximate surface area is 167 Å². The first-order valence-electron chi connectivity index (χ1n) is 9.02. The van der Waals surface area contributed by atoms with Gasteiger partial charge in [0.25, 0.3) is 11.5 Å². The molecule has 1 unspecified atom stereocenters. The van der Waals surface area contributed by atoms with E-state index in [1.54, 1.807) is 32.1 Å². The number of aromatic amines is 1. The Morgan fingerprint density at radius 2 is 1.76 bits per heavy atom. The Bertz CT molecular complexity index is 985. The summed E-state index contributed by atoms with van der Waals surface area (Å²) in [7, 11) is 2.74. The normalized spacial score (nSPS) is 18.8. The number of carbonyl (C=O) groups is 2. The number of rotatable bonds is 7. The third-order valence-electron chi connectivity index (χ3n) is 4.08. The van der Waals surface area contributed by atoms with E-state index in [4.69, 9.17) is 9.47 Å². The predicted octanol–water partition coefficient (Wildman–Crippen LogP) is 0.512. The van der Waals surface area contributed by atoms with Crippen molar-refractivity contribution in [3.05, 3.63) is 56.3 Å². The maximum absolute atomic E-state index is 12.3. The van der Waals surface area contributed by atoms with E-state index in [-0.39, 0.29) is 23.6 Å². The SMILES string of the molecule is CCOc1[nH]c(=O)n(C)c(=O)c1C=CC=CC=C1C(=O)N(C)C(=O)NC1OCC. The first-order valence-corrected chi connectivity index (χ1v) is 9.02. The minimum absolute atomic E-state index is 0.0896. The number of amides is 3. The van der Waals surface area contributed by atoms with Crippen molar-refractivity contribution in [2.75, 3.05) is 20.3 Å². The minimum Gasteiger partial charge on any atom is -0.479 e. The highest BCUT2D eigenvalue weighted by atomic mass is 16.5. The van der Waals surface area contributed by atoms with Gasteiger partial charge in [0.2, 0.25) is 5.88 Å². The van der Waals surface area contributed by atoms with Crippen LogP contribution < -0.4 is 21.3 Å². The van der Waals surface area contributed by atoms with Crippen LogP contribution in [0.15, 0.2) is 39.5 Å². The number of hydrogen-bond donors (Lipinski definition) is 2. The van der Waals surface area contributed by atoms with E-state index in [1.165, 1.54) is 26.2 Å². The van der Waals surface area contributed by atoms with Crippen molar-refractivity contribution < 1.29 is 19.1 Å². The van der Waals surface area contributed by atoms with Crippen LogP contribution in [-0.4, -0.2) is 52.9 Å². The first-order chi connectivity index (χ1) is 13.8. The van der Waals surface area contributed by atoms with Crippen molar-refractivity contribution in [3.8, 4) is 5.88 Å². The topological polar surface area (TPSA) is 123 Å². The molecule has 2 heterocycles. The van der Waals surface area contributed by atoms with Crippen LogP contribution in [0.2, 0.25) is 0 Å². The standard InChI is InChI=1S/C19H24N4O6/c1-5-28-14-12(16(24)22(3)18(26)20-14)10-8-7-9-11-13-15(29-6-2)21-19(27)23(4)17(13)25/h7-11,14H,5-6H2,1-4H3,(H,20,26)(H,21,27). The van der Waals surface area contributed by atoms with Gasteiger partial charge in [-0.15, -0.1) is 0 Å². The number of likely N-dealkylation sites (N-methyl/N-ethyl adjacent to an activating group) is 1. The molecule has 3 amide bonds. The molecule has 1 aliphatic rings. The number of carbonyl (C=O) groups excluding carboxylic acids is 2. The molecule has 1 aromatic heterocycles. The lowest BCUT2D eigenvalue weighted by molar-refractivity contribution is -0.126. The van der Waals surface area contributed by atoms with Gasteiger partial charge in [0.05, 0.1) is 12.2 Å². The van der Waals surface area contributed by atoms with Crippen LogP contribution in [0.3, 0.4) is 0 Å². The summed E-state index contributed by atoms with van der Waals surface area (Å²) in [6.07, 6.45) is 6.94. The van der Waals surface area contributed by atoms with Gasteiger partial charge in [-0.3, -0.25) is 24.0 Å². The number of nitrogens with one attached hydrogen (secondary N) is 2. The van der Waals surface area contributed by atoms with Gasteiger partial charge < -0.3 is 14.8 Å². The maximum Gasteiger partial charge on any atom is 0.330 e. The van der Waals surface area contributed by atoms with Crippen molar-refractivity contribution in [2.45, 2.75) is 20.1 Å². The summed E-state index contributed by atoms with van der Waals surface area (Å²) < 4.78 is 11.7. The summed E-state index contributed by atoms with van der Waals surface area (Å²) in [5, 5.41) is 2.58. The average Bonchev–Trinajstić information content (AvgIpc) is 2.68. The smallest absolute Gasteiger partial charge is 0.330 e. The number of H-pyrrole nitrogens is 1. The molecule has 10 nitrogen and oxygen atoms in total. The van der Waals surface area contributed by atoms with Crippen molar-refractivity contribution in [3.63, 3.8) is 0 Å². The van der Waals surface area contributed by atoms with Gasteiger partial charge in [-0.25, -0.2) is 9.59 Å². The molecule has 29 heavy (non-hydrogen) atoms. The monoisotopic (exact) mass is 404 g/mol. The number of ether oxygens (including phenoxy) is 2. The summed E-state index contributed by atoms with van der Waals surface area (Å²) in [6, 6.07) is -0.535. The molecule has 0 saturated carbocycles. The second kappa shape index (κ2) is 9.69. The first kappa shape index (κ1) is 21.9. The summed E-state index contributed by atoms with van der Waals surface area (Å²) >= 11 is 0. The molecule has 2 rings (SSSR count). The van der Waals surface area contributed by atoms with Crippen molar-refractivity contribution in [1.82, 2.24) is 19.8 Å². The maximum atomic E-state index is 12.3. The van der Waals surface area contributed by atoms with Crippen LogP contribution in [0.4, 0.5) is 4.79 Å². The fourth-order valence-corrected chi connectivity index (χ4v) is 2.54. The Hall–Kier alpha value is -3.40. The molecule has 2 N–H and O–H groups in total. The van der Waals surface area contributed by atoms with Crippen LogP contribution >= 0.6 is 0 Å². The van der Waals surface area contributed by atoms with E-state index >= 15 is 0 Å². The van der Waals surface area contributed by atoms with Crippen LogP contribution in [-0.2, 0) is 16.6 Å². The largest absolute Gasteiger partial charge is 0.479 e. The van der Waals surface area contributed by atoms with Crippen LogP contribution in [0.1, 0.15) is 19.4 Å². The minimum atomic E-state index is -0.833. The fourth-order valence-electron chi connectivity index (χ4n) is 2.54. The van der Waals surface area contributed by atoms with Gasteiger partial charge in [-0.1, -0.05) is 18.2 Å². The zero-order valence-electron chi connectivity index (χ0n) is 16.7. The molecular formula is C19H24N4O6. The number of urea groups is 1. The Morgan fingerprint density at radius 1 is 1.03 bits per heavy atom. The lowest BCUT2D eigenvalue weighted by atomic mass is 10.1. The van der Waals surface area contributed by atoms with E-state index in [9.17, 15) is 19.2 Å². The zero-order chi connectivity index (χ0) is 21.6. The molecule has 1 atom stereocenters. The number of aromatic nitrogens is 2. The molecule has 0 aromatic carbocycles. The Balaban J connectivity index is 2.27. The Kier molecular flexibility index (Phi) is 7.32. The lowest BCUT2D eigenvalue weighted by Crippen LogP contribution is -2.55. The molecule has 1 aliphatic heterocycles. The fraction of sp³-hybridized carbons (Fsp3) is 0.368. The summed E-state index contributed by atoms with van der Waals surface area (Å²) in [5.74, 6) is -0.374. The van der Waals surface area contributed by atoms with Gasteiger partial charge in [-0.05, 0) is 26.0 Å². The second-order valence-electron chi connectivity index (χ2n) is 5.99.